The minimum atomic E-state index is -0.833. The van der Waals surface area contributed by atoms with Crippen molar-refractivity contribution in [2.45, 2.75) is 39.9 Å². The smallest absolute Gasteiger partial charge is 0.300 e. The molecule has 0 saturated heterocycles. The molecular weight excluding hydrogens is 364 g/mol. The largest absolute Gasteiger partial charge is 0.481 e. The van der Waals surface area contributed by atoms with E-state index in [0.29, 0.717) is 35.9 Å². The van der Waals surface area contributed by atoms with Crippen LogP contribution in [0.5, 0.6) is 0 Å². The van der Waals surface area contributed by atoms with Crippen molar-refractivity contribution in [3.05, 3.63) is 45.2 Å². The monoisotopic (exact) mass is 388 g/mol. The average molecular weight is 388 g/mol. The molecule has 4 heterocycles. The summed E-state index contributed by atoms with van der Waals surface area (Å²) in [5.41, 5.74) is 1.70. The van der Waals surface area contributed by atoms with E-state index in [4.69, 9.17) is 9.90 Å². The number of fused-ring (bicyclic) bond motifs is 2. The van der Waals surface area contributed by atoms with Gasteiger partial charge in [0.1, 0.15) is 17.3 Å². The van der Waals surface area contributed by atoms with E-state index in [9.17, 15) is 9.59 Å². The summed E-state index contributed by atoms with van der Waals surface area (Å²) in [4.78, 5) is 44.7. The van der Waals surface area contributed by atoms with Crippen LogP contribution in [-0.4, -0.2) is 54.1 Å². The fourth-order valence-corrected chi connectivity index (χ4v) is 3.31. The van der Waals surface area contributed by atoms with Gasteiger partial charge in [-0.05, 0) is 6.92 Å². The highest BCUT2D eigenvalue weighted by atomic mass is 16.4. The van der Waals surface area contributed by atoms with Crippen LogP contribution in [0.2, 0.25) is 0 Å². The van der Waals surface area contributed by atoms with Crippen molar-refractivity contribution in [1.82, 2.24) is 29.3 Å². The highest BCUT2D eigenvalue weighted by Crippen LogP contribution is 2.20. The molecule has 0 aliphatic carbocycles. The van der Waals surface area contributed by atoms with Crippen LogP contribution >= 0.6 is 0 Å². The first kappa shape index (κ1) is 19.7. The fourth-order valence-electron chi connectivity index (χ4n) is 3.31. The van der Waals surface area contributed by atoms with Gasteiger partial charge in [0.2, 0.25) is 0 Å². The first-order chi connectivity index (χ1) is 13.3. The molecule has 0 bridgehead atoms. The van der Waals surface area contributed by atoms with Crippen molar-refractivity contribution < 1.29 is 14.7 Å². The molecule has 1 amide bonds. The summed E-state index contributed by atoms with van der Waals surface area (Å²) in [5, 5.41) is 10.7. The third-order valence-corrected chi connectivity index (χ3v) is 4.80. The van der Waals surface area contributed by atoms with Crippen molar-refractivity contribution >= 4 is 11.9 Å². The third kappa shape index (κ3) is 3.96. The number of hydrogen-bond donors (Lipinski definition) is 2. The molecule has 10 heteroatoms. The standard InChI is InChI=1S/C16H20N6O2.C2H4O2/c1-10-18-12-8-22(7-11(12)15(23)20(10)2)16(24)13-9-21-6-5-17-4-3-14(21)19-13;1-2(3)4/h9,17H,3-8H2,1-2H3;1H3,(H,3,4). The lowest BCUT2D eigenvalue weighted by Crippen LogP contribution is -2.28. The molecule has 28 heavy (non-hydrogen) atoms. The Morgan fingerprint density at radius 3 is 2.64 bits per heavy atom. The lowest BCUT2D eigenvalue weighted by atomic mass is 10.2. The second-order valence-corrected chi connectivity index (χ2v) is 6.86. The van der Waals surface area contributed by atoms with Crippen LogP contribution in [0.1, 0.15) is 40.3 Å². The lowest BCUT2D eigenvalue weighted by molar-refractivity contribution is -0.134. The molecule has 0 aromatic carbocycles. The number of carbonyl (C=O) groups is 2. The Labute approximate surface area is 161 Å². The molecule has 10 nitrogen and oxygen atoms in total. The summed E-state index contributed by atoms with van der Waals surface area (Å²) < 4.78 is 3.57. The number of carbonyl (C=O) groups excluding carboxylic acids is 1. The van der Waals surface area contributed by atoms with Gasteiger partial charge in [-0.2, -0.15) is 0 Å². The van der Waals surface area contributed by atoms with Crippen LogP contribution < -0.4 is 10.9 Å². The predicted molar refractivity (Wildman–Crippen MR) is 99.9 cm³/mol. The Balaban J connectivity index is 0.000000516. The van der Waals surface area contributed by atoms with Gasteiger partial charge in [0.05, 0.1) is 24.3 Å². The van der Waals surface area contributed by atoms with E-state index >= 15 is 0 Å². The van der Waals surface area contributed by atoms with Gasteiger partial charge in [0, 0.05) is 46.2 Å². The van der Waals surface area contributed by atoms with Gasteiger partial charge in [-0.1, -0.05) is 0 Å². The van der Waals surface area contributed by atoms with Crippen LogP contribution in [0.4, 0.5) is 0 Å². The number of rotatable bonds is 1. The second-order valence-electron chi connectivity index (χ2n) is 6.86. The summed E-state index contributed by atoms with van der Waals surface area (Å²) in [7, 11) is 1.70. The molecule has 0 atom stereocenters. The normalized spacial score (nSPS) is 15.2. The average Bonchev–Trinajstić information content (AvgIpc) is 3.17. The van der Waals surface area contributed by atoms with E-state index in [2.05, 4.69) is 15.3 Å². The number of aryl methyl sites for hydroxylation is 1. The molecule has 0 unspecified atom stereocenters. The number of nitrogens with zero attached hydrogens (tertiary/aromatic N) is 5. The highest BCUT2D eigenvalue weighted by Gasteiger charge is 2.30. The predicted octanol–water partition coefficient (Wildman–Crippen LogP) is -0.322. The number of carboxylic acid groups (broad SMARTS) is 1. The van der Waals surface area contributed by atoms with Gasteiger partial charge in [-0.3, -0.25) is 19.0 Å². The zero-order valence-corrected chi connectivity index (χ0v) is 16.2. The molecule has 0 saturated carbocycles. The Hall–Kier alpha value is -3.01. The van der Waals surface area contributed by atoms with Crippen molar-refractivity contribution in [3.8, 4) is 0 Å². The van der Waals surface area contributed by atoms with Crippen LogP contribution in [0.25, 0.3) is 0 Å². The Morgan fingerprint density at radius 2 is 1.93 bits per heavy atom. The number of imidazole rings is 1. The van der Waals surface area contributed by atoms with Crippen LogP contribution in [0.3, 0.4) is 0 Å². The maximum atomic E-state index is 12.8. The van der Waals surface area contributed by atoms with Gasteiger partial charge in [-0.15, -0.1) is 0 Å². The zero-order chi connectivity index (χ0) is 20.4. The quantitative estimate of drug-likeness (QED) is 0.686. The lowest BCUT2D eigenvalue weighted by Gasteiger charge is -2.12. The third-order valence-electron chi connectivity index (χ3n) is 4.80. The minimum absolute atomic E-state index is 0.0699. The van der Waals surface area contributed by atoms with Gasteiger partial charge >= 0.3 is 0 Å². The summed E-state index contributed by atoms with van der Waals surface area (Å²) in [6.07, 6.45) is 2.64. The van der Waals surface area contributed by atoms with Gasteiger partial charge in [0.25, 0.3) is 17.4 Å². The first-order valence-electron chi connectivity index (χ1n) is 9.09. The first-order valence-corrected chi connectivity index (χ1v) is 9.09. The summed E-state index contributed by atoms with van der Waals surface area (Å²) in [6, 6.07) is 0. The molecule has 0 fully saturated rings. The Morgan fingerprint density at radius 1 is 1.21 bits per heavy atom. The molecular formula is C18H24N6O4. The molecule has 2 aliphatic rings. The van der Waals surface area contributed by atoms with Crippen molar-refractivity contribution in [2.24, 2.45) is 7.05 Å². The molecule has 0 spiro atoms. The maximum absolute atomic E-state index is 12.8. The van der Waals surface area contributed by atoms with E-state index in [1.165, 1.54) is 4.57 Å². The zero-order valence-electron chi connectivity index (χ0n) is 16.2. The second kappa shape index (κ2) is 7.93. The van der Waals surface area contributed by atoms with Gasteiger partial charge in [0.15, 0.2) is 0 Å². The fraction of sp³-hybridized carbons (Fsp3) is 0.500. The number of aromatic nitrogens is 4. The summed E-state index contributed by atoms with van der Waals surface area (Å²) in [5.74, 6) is 0.625. The van der Waals surface area contributed by atoms with Gasteiger partial charge < -0.3 is 19.9 Å². The number of nitrogens with one attached hydrogen (secondary N) is 1. The summed E-state index contributed by atoms with van der Waals surface area (Å²) in [6.45, 7) is 6.13. The maximum Gasteiger partial charge on any atom is 0.300 e. The Kier molecular flexibility index (Phi) is 5.59. The topological polar surface area (TPSA) is 122 Å². The molecule has 4 rings (SSSR count). The SMILES string of the molecule is CC(=O)O.Cc1nc2c(c(=O)n1C)CN(C(=O)c1cn3c(n1)CCNCC3)C2. The van der Waals surface area contributed by atoms with E-state index in [0.717, 1.165) is 38.8 Å². The highest BCUT2D eigenvalue weighted by molar-refractivity contribution is 5.92. The van der Waals surface area contributed by atoms with Crippen molar-refractivity contribution in [1.29, 1.82) is 0 Å². The van der Waals surface area contributed by atoms with E-state index < -0.39 is 5.97 Å². The number of aliphatic carboxylic acids is 1. The van der Waals surface area contributed by atoms with Crippen molar-refractivity contribution in [2.75, 3.05) is 13.1 Å². The number of amides is 1. The number of hydrogen-bond acceptors (Lipinski definition) is 6. The van der Waals surface area contributed by atoms with E-state index in [-0.39, 0.29) is 11.5 Å². The van der Waals surface area contributed by atoms with E-state index in [1.54, 1.807) is 18.9 Å². The molecule has 2 aliphatic heterocycles. The van der Waals surface area contributed by atoms with Gasteiger partial charge in [-0.25, -0.2) is 9.97 Å². The molecule has 2 N–H and O–H groups in total. The van der Waals surface area contributed by atoms with E-state index in [1.807, 2.05) is 10.8 Å². The minimum Gasteiger partial charge on any atom is -0.481 e. The molecule has 0 radical (unpaired) electrons. The van der Waals surface area contributed by atoms with Crippen molar-refractivity contribution in [3.63, 3.8) is 0 Å². The van der Waals surface area contributed by atoms with Crippen LogP contribution in [0.15, 0.2) is 11.0 Å². The molecule has 150 valence electrons. The molecule has 2 aromatic rings. The number of carboxylic acids is 1. The van der Waals surface area contributed by atoms with Crippen LogP contribution in [-0.2, 0) is 37.9 Å². The molecule has 2 aromatic heterocycles. The Bertz CT molecular complexity index is 950. The summed E-state index contributed by atoms with van der Waals surface area (Å²) >= 11 is 0. The van der Waals surface area contributed by atoms with Crippen LogP contribution in [0, 0.1) is 6.92 Å².